The van der Waals surface area contributed by atoms with E-state index in [1.807, 2.05) is 39.8 Å². The number of nitrogens with zero attached hydrogens (tertiary/aromatic N) is 3. The summed E-state index contributed by atoms with van der Waals surface area (Å²) < 4.78 is 6.41. The number of aromatic nitrogens is 1. The van der Waals surface area contributed by atoms with Crippen molar-refractivity contribution in [2.45, 2.75) is 131 Å². The fourth-order valence-electron chi connectivity index (χ4n) is 8.53. The largest absolute Gasteiger partial charge is 0.479 e. The highest BCUT2D eigenvalue weighted by Crippen LogP contribution is 2.45. The Balaban J connectivity index is 1.33. The third-order valence-corrected chi connectivity index (χ3v) is 12.2. The number of carboxylic acid groups (broad SMARTS) is 1. The lowest BCUT2D eigenvalue weighted by molar-refractivity contribution is -0.160. The van der Waals surface area contributed by atoms with E-state index in [0.717, 1.165) is 105 Å². The minimum absolute atomic E-state index is 0.221. The van der Waals surface area contributed by atoms with Crippen molar-refractivity contribution < 1.29 is 14.6 Å². The molecular weight excluding hydrogens is 728 g/mol. The highest BCUT2D eigenvalue weighted by atomic mass is 35.5. The lowest BCUT2D eigenvalue weighted by Crippen LogP contribution is -2.39. The van der Waals surface area contributed by atoms with Gasteiger partial charge in [0.2, 0.25) is 0 Å². The second-order valence-corrected chi connectivity index (χ2v) is 18.6. The van der Waals surface area contributed by atoms with Crippen LogP contribution in [0.4, 0.5) is 5.69 Å². The molecule has 3 heterocycles. The van der Waals surface area contributed by atoms with Gasteiger partial charge in [0.05, 0.1) is 17.0 Å². The third-order valence-electron chi connectivity index (χ3n) is 11.9. The predicted octanol–water partition coefficient (Wildman–Crippen LogP) is 11.0. The van der Waals surface area contributed by atoms with Crippen molar-refractivity contribution in [3.8, 4) is 11.1 Å². The van der Waals surface area contributed by atoms with Crippen LogP contribution in [0.2, 0.25) is 5.02 Å². The molecule has 1 atom stereocenters. The van der Waals surface area contributed by atoms with E-state index in [0.29, 0.717) is 12.1 Å². The summed E-state index contributed by atoms with van der Waals surface area (Å²) in [7, 11) is 0. The van der Waals surface area contributed by atoms with Crippen LogP contribution >= 0.6 is 11.6 Å². The number of pyridine rings is 1. The summed E-state index contributed by atoms with van der Waals surface area (Å²) >= 11 is 6.66. The number of rotatable bonds is 16. The number of hydrogen-bond acceptors (Lipinski definition) is 6. The van der Waals surface area contributed by atoms with Gasteiger partial charge in [0, 0.05) is 61.1 Å². The van der Waals surface area contributed by atoms with Crippen LogP contribution in [0.5, 0.6) is 0 Å². The summed E-state index contributed by atoms with van der Waals surface area (Å²) in [5, 5.41) is 15.4. The smallest absolute Gasteiger partial charge is 0.337 e. The van der Waals surface area contributed by atoms with E-state index < -0.39 is 17.7 Å². The van der Waals surface area contributed by atoms with Crippen molar-refractivity contribution in [3.63, 3.8) is 0 Å². The lowest BCUT2D eigenvalue weighted by Gasteiger charge is -2.41. The molecule has 0 amide bonds. The first-order chi connectivity index (χ1) is 27.2. The van der Waals surface area contributed by atoms with Gasteiger partial charge in [-0.15, -0.1) is 0 Å². The zero-order valence-corrected chi connectivity index (χ0v) is 36.3. The monoisotopic (exact) mass is 792 g/mol. The molecule has 1 fully saturated rings. The van der Waals surface area contributed by atoms with Crippen LogP contribution in [0.3, 0.4) is 0 Å². The fourth-order valence-corrected chi connectivity index (χ4v) is 8.81. The maximum absolute atomic E-state index is 13.2. The Morgan fingerprint density at radius 2 is 1.68 bits per heavy atom. The van der Waals surface area contributed by atoms with E-state index in [4.69, 9.17) is 21.3 Å². The molecule has 0 spiro atoms. The molecule has 57 heavy (non-hydrogen) atoms. The van der Waals surface area contributed by atoms with Crippen molar-refractivity contribution in [1.29, 1.82) is 0 Å². The van der Waals surface area contributed by atoms with Crippen molar-refractivity contribution in [2.75, 3.05) is 31.1 Å². The minimum Gasteiger partial charge on any atom is -0.479 e. The SMILES string of the molecule is Cc1cccc(Cl)c1CN1CCc2cc(-c3c(CNCCCCCCc4ccccc4)nc(C)c([C@H](OC(C)(C)C)C(=O)O)c3N3CCC(C)(C)CC3)ccc2C1. The van der Waals surface area contributed by atoms with E-state index in [9.17, 15) is 9.90 Å². The first kappa shape index (κ1) is 42.8. The van der Waals surface area contributed by atoms with Crippen LogP contribution in [0.25, 0.3) is 11.1 Å². The Labute approximate surface area is 347 Å². The topological polar surface area (TPSA) is 77.9 Å². The van der Waals surface area contributed by atoms with Gasteiger partial charge in [-0.2, -0.15) is 0 Å². The molecule has 0 radical (unpaired) electrons. The standard InChI is InChI=1S/C49H65ClN4O3/c1-34-16-15-20-41(50)40(34)33-53-27-23-37-30-38(21-22-39(37)32-53)44-42(31-51-26-14-9-8-11-17-36-18-12-10-13-19-36)52-35(2)43(46(47(55)56)57-48(3,4)5)45(44)54-28-24-49(6,7)25-29-54/h10,12-13,15-16,18-22,30,46,51H,8-9,11,14,17,23-29,31-33H2,1-7H3,(H,55,56)/t46-/m0/s1. The molecule has 1 aromatic heterocycles. The van der Waals surface area contributed by atoms with Crippen LogP contribution in [0.1, 0.15) is 124 Å². The number of carbonyl (C=O) groups is 1. The Morgan fingerprint density at radius 3 is 2.39 bits per heavy atom. The molecule has 0 bridgehead atoms. The number of benzene rings is 3. The van der Waals surface area contributed by atoms with Gasteiger partial charge >= 0.3 is 5.97 Å². The second kappa shape index (κ2) is 18.9. The Morgan fingerprint density at radius 1 is 0.947 bits per heavy atom. The highest BCUT2D eigenvalue weighted by Gasteiger charge is 2.37. The van der Waals surface area contributed by atoms with Crippen LogP contribution < -0.4 is 10.2 Å². The summed E-state index contributed by atoms with van der Waals surface area (Å²) in [5.41, 5.74) is 11.5. The lowest BCUT2D eigenvalue weighted by atomic mass is 9.81. The van der Waals surface area contributed by atoms with Crippen LogP contribution in [0.15, 0.2) is 66.7 Å². The number of ether oxygens (including phenoxy) is 1. The molecule has 306 valence electrons. The van der Waals surface area contributed by atoms with E-state index in [1.54, 1.807) is 0 Å². The van der Waals surface area contributed by atoms with Gasteiger partial charge < -0.3 is 20.1 Å². The fraction of sp³-hybridized carbons (Fsp3) is 0.510. The van der Waals surface area contributed by atoms with Crippen molar-refractivity contribution in [2.24, 2.45) is 5.41 Å². The minimum atomic E-state index is -1.15. The van der Waals surface area contributed by atoms with Crippen molar-refractivity contribution in [3.05, 3.63) is 117 Å². The van der Waals surface area contributed by atoms with Gasteiger partial charge in [0.15, 0.2) is 6.10 Å². The Kier molecular flexibility index (Phi) is 14.2. The van der Waals surface area contributed by atoms with Gasteiger partial charge in [-0.05, 0) is 125 Å². The number of anilines is 1. The normalized spacial score (nSPS) is 16.4. The molecule has 6 rings (SSSR count). The average Bonchev–Trinajstić information content (AvgIpc) is 3.16. The molecule has 1 saturated heterocycles. The molecular formula is C49H65ClN4O3. The summed E-state index contributed by atoms with van der Waals surface area (Å²) in [6.45, 7) is 20.4. The number of nitrogens with one attached hydrogen (secondary N) is 1. The number of fused-ring (bicyclic) bond motifs is 1. The maximum Gasteiger partial charge on any atom is 0.337 e. The first-order valence-corrected chi connectivity index (χ1v) is 21.6. The van der Waals surface area contributed by atoms with Crippen LogP contribution in [0, 0.1) is 19.3 Å². The zero-order chi connectivity index (χ0) is 40.7. The molecule has 0 aliphatic carbocycles. The molecule has 0 saturated carbocycles. The average molecular weight is 794 g/mol. The van der Waals surface area contributed by atoms with E-state index in [2.05, 4.69) is 90.5 Å². The Bertz CT molecular complexity index is 1960. The summed E-state index contributed by atoms with van der Waals surface area (Å²) in [5.74, 6) is -0.989. The number of piperidine rings is 1. The first-order valence-electron chi connectivity index (χ1n) is 21.2. The summed E-state index contributed by atoms with van der Waals surface area (Å²) in [4.78, 5) is 23.4. The molecule has 7 nitrogen and oxygen atoms in total. The zero-order valence-electron chi connectivity index (χ0n) is 35.5. The quantitative estimate of drug-likeness (QED) is 0.109. The van der Waals surface area contributed by atoms with Gasteiger partial charge in [-0.1, -0.05) is 99.0 Å². The van der Waals surface area contributed by atoms with Gasteiger partial charge in [0.25, 0.3) is 0 Å². The van der Waals surface area contributed by atoms with Crippen LogP contribution in [-0.4, -0.2) is 52.7 Å². The number of halogens is 1. The predicted molar refractivity (Wildman–Crippen MR) is 235 cm³/mol. The number of aryl methyl sites for hydroxylation is 3. The molecule has 3 aromatic carbocycles. The number of carboxylic acids is 1. The van der Waals surface area contributed by atoms with Gasteiger partial charge in [0.1, 0.15) is 0 Å². The van der Waals surface area contributed by atoms with Crippen LogP contribution in [-0.2, 0) is 42.0 Å². The third kappa shape index (κ3) is 11.3. The summed E-state index contributed by atoms with van der Waals surface area (Å²) in [6.07, 6.45) is 7.62. The van der Waals surface area contributed by atoms with Crippen molar-refractivity contribution >= 4 is 23.3 Å². The van der Waals surface area contributed by atoms with Gasteiger partial charge in [-0.3, -0.25) is 9.88 Å². The number of aliphatic carboxylic acids is 1. The van der Waals surface area contributed by atoms with Crippen molar-refractivity contribution in [1.82, 2.24) is 15.2 Å². The van der Waals surface area contributed by atoms with E-state index >= 15 is 0 Å². The molecule has 0 unspecified atom stereocenters. The number of unbranched alkanes of at least 4 members (excludes halogenated alkanes) is 3. The molecule has 2 aliphatic rings. The van der Waals surface area contributed by atoms with Gasteiger partial charge in [-0.25, -0.2) is 4.79 Å². The summed E-state index contributed by atoms with van der Waals surface area (Å²) in [6, 6.07) is 23.8. The van der Waals surface area contributed by atoms with E-state index in [-0.39, 0.29) is 5.41 Å². The molecule has 4 aromatic rings. The highest BCUT2D eigenvalue weighted by molar-refractivity contribution is 6.31. The van der Waals surface area contributed by atoms with E-state index in [1.165, 1.54) is 47.1 Å². The number of hydrogen-bond donors (Lipinski definition) is 2. The maximum atomic E-state index is 13.2. The Hall–Kier alpha value is -3.75. The second-order valence-electron chi connectivity index (χ2n) is 18.2. The molecule has 2 N–H and O–H groups in total. The molecule has 8 heteroatoms. The molecule has 2 aliphatic heterocycles.